The van der Waals surface area contributed by atoms with E-state index in [1.165, 1.54) is 6.07 Å². The molecule has 0 aliphatic rings. The van der Waals surface area contributed by atoms with Gasteiger partial charge in [0.15, 0.2) is 0 Å². The van der Waals surface area contributed by atoms with E-state index in [0.29, 0.717) is 30.2 Å². The number of unbranched alkanes of at least 4 members (excludes halogenated alkanes) is 1. The maximum atomic E-state index is 13.5. The maximum Gasteiger partial charge on any atom is 0.270 e. The number of anilines is 1. The Morgan fingerprint density at radius 1 is 1.22 bits per heavy atom. The lowest BCUT2D eigenvalue weighted by Crippen LogP contribution is -2.27. The molecule has 0 atom stereocenters. The number of nitrogens with one attached hydrogen (secondary N) is 2. The van der Waals surface area contributed by atoms with Gasteiger partial charge in [0, 0.05) is 19.3 Å². The molecule has 0 saturated carbocycles. The highest BCUT2D eigenvalue weighted by molar-refractivity contribution is 5.92. The summed E-state index contributed by atoms with van der Waals surface area (Å²) in [5.74, 6) is -0.103. The predicted octanol–water partition coefficient (Wildman–Crippen LogP) is 2.80. The van der Waals surface area contributed by atoms with Crippen molar-refractivity contribution in [2.24, 2.45) is 0 Å². The number of carbonyl (C=O) groups excluding carboxylic acids is 1. The Morgan fingerprint density at radius 2 is 2.04 bits per heavy atom. The van der Waals surface area contributed by atoms with E-state index in [0.717, 1.165) is 19.4 Å². The molecule has 0 spiro atoms. The van der Waals surface area contributed by atoms with Crippen LogP contribution in [0.3, 0.4) is 0 Å². The largest absolute Gasteiger partial charge is 0.354 e. The van der Waals surface area contributed by atoms with Gasteiger partial charge in [-0.15, -0.1) is 0 Å². The minimum atomic E-state index is -0.290. The van der Waals surface area contributed by atoms with Crippen molar-refractivity contribution < 1.29 is 9.18 Å². The van der Waals surface area contributed by atoms with Gasteiger partial charge >= 0.3 is 0 Å². The van der Waals surface area contributed by atoms with Crippen LogP contribution in [0.5, 0.6) is 0 Å². The van der Waals surface area contributed by atoms with E-state index in [9.17, 15) is 9.18 Å². The second-order valence-corrected chi connectivity index (χ2v) is 5.14. The normalized spacial score (nSPS) is 10.3. The maximum absolute atomic E-state index is 13.5. The molecule has 0 bridgehead atoms. The fourth-order valence-electron chi connectivity index (χ4n) is 2.05. The number of aromatic nitrogens is 2. The van der Waals surface area contributed by atoms with E-state index in [-0.39, 0.29) is 11.7 Å². The third-order valence-electron chi connectivity index (χ3n) is 3.34. The molecule has 2 N–H and O–H groups in total. The molecule has 1 heterocycles. The van der Waals surface area contributed by atoms with Crippen molar-refractivity contribution in [3.63, 3.8) is 0 Å². The Balaban J connectivity index is 1.85. The predicted molar refractivity (Wildman–Crippen MR) is 87.9 cm³/mol. The fourth-order valence-corrected chi connectivity index (χ4v) is 2.05. The molecule has 1 aromatic heterocycles. The van der Waals surface area contributed by atoms with Crippen molar-refractivity contribution >= 4 is 11.9 Å². The van der Waals surface area contributed by atoms with Crippen molar-refractivity contribution in [1.82, 2.24) is 15.3 Å². The van der Waals surface area contributed by atoms with E-state index >= 15 is 0 Å². The van der Waals surface area contributed by atoms with Gasteiger partial charge in [0.1, 0.15) is 11.5 Å². The van der Waals surface area contributed by atoms with Crippen LogP contribution in [0, 0.1) is 5.82 Å². The van der Waals surface area contributed by atoms with E-state index in [1.54, 1.807) is 30.5 Å². The first-order valence-corrected chi connectivity index (χ1v) is 7.79. The summed E-state index contributed by atoms with van der Waals surface area (Å²) >= 11 is 0. The molecule has 6 heteroatoms. The van der Waals surface area contributed by atoms with Crippen LogP contribution < -0.4 is 10.6 Å². The van der Waals surface area contributed by atoms with Gasteiger partial charge in [-0.1, -0.05) is 31.5 Å². The standard InChI is InChI=1S/C17H21FN4O/c1-2-3-10-20-17-21-12-9-15(22-17)16(23)19-11-8-13-6-4-5-7-14(13)18/h4-7,9,12H,2-3,8,10-11H2,1H3,(H,19,23)(H,20,21,22). The Labute approximate surface area is 135 Å². The average Bonchev–Trinajstić information content (AvgIpc) is 2.57. The van der Waals surface area contributed by atoms with Gasteiger partial charge in [0.05, 0.1) is 0 Å². The second kappa shape index (κ2) is 8.82. The van der Waals surface area contributed by atoms with Crippen LogP contribution in [0.2, 0.25) is 0 Å². The van der Waals surface area contributed by atoms with E-state index in [4.69, 9.17) is 0 Å². The summed E-state index contributed by atoms with van der Waals surface area (Å²) in [6, 6.07) is 8.10. The lowest BCUT2D eigenvalue weighted by atomic mass is 10.1. The SMILES string of the molecule is CCCCNc1nccc(C(=O)NCCc2ccccc2F)n1. The molecule has 0 radical (unpaired) electrons. The molecule has 2 aromatic rings. The quantitative estimate of drug-likeness (QED) is 0.735. The van der Waals surface area contributed by atoms with Gasteiger partial charge in [0.2, 0.25) is 5.95 Å². The first-order valence-electron chi connectivity index (χ1n) is 7.79. The number of hydrogen-bond donors (Lipinski definition) is 2. The number of halogens is 1. The molecule has 1 aromatic carbocycles. The molecular weight excluding hydrogens is 295 g/mol. The van der Waals surface area contributed by atoms with Crippen molar-refractivity contribution in [3.8, 4) is 0 Å². The summed E-state index contributed by atoms with van der Waals surface area (Å²) < 4.78 is 13.5. The Kier molecular flexibility index (Phi) is 6.47. The van der Waals surface area contributed by atoms with Gasteiger partial charge in [0.25, 0.3) is 5.91 Å². The van der Waals surface area contributed by atoms with Crippen LogP contribution >= 0.6 is 0 Å². The molecule has 0 aliphatic heterocycles. The highest BCUT2D eigenvalue weighted by atomic mass is 19.1. The number of benzene rings is 1. The lowest BCUT2D eigenvalue weighted by Gasteiger charge is -2.07. The van der Waals surface area contributed by atoms with E-state index in [1.807, 2.05) is 0 Å². The number of amides is 1. The second-order valence-electron chi connectivity index (χ2n) is 5.14. The third kappa shape index (κ3) is 5.32. The zero-order valence-corrected chi connectivity index (χ0v) is 13.2. The first kappa shape index (κ1) is 16.9. The summed E-state index contributed by atoms with van der Waals surface area (Å²) in [4.78, 5) is 20.3. The van der Waals surface area contributed by atoms with Crippen molar-refractivity contribution in [1.29, 1.82) is 0 Å². The molecule has 122 valence electrons. The van der Waals surface area contributed by atoms with Gasteiger partial charge in [-0.2, -0.15) is 0 Å². The molecule has 0 fully saturated rings. The minimum Gasteiger partial charge on any atom is -0.354 e. The van der Waals surface area contributed by atoms with Crippen LogP contribution in [0.15, 0.2) is 36.5 Å². The molecule has 23 heavy (non-hydrogen) atoms. The molecule has 0 aliphatic carbocycles. The number of hydrogen-bond acceptors (Lipinski definition) is 4. The molecule has 0 unspecified atom stereocenters. The third-order valence-corrected chi connectivity index (χ3v) is 3.34. The molecular formula is C17H21FN4O. The molecule has 1 amide bonds. The highest BCUT2D eigenvalue weighted by Crippen LogP contribution is 2.06. The smallest absolute Gasteiger partial charge is 0.270 e. The summed E-state index contributed by atoms with van der Waals surface area (Å²) in [6.45, 7) is 3.22. The Hall–Kier alpha value is -2.50. The summed E-state index contributed by atoms with van der Waals surface area (Å²) in [5, 5.41) is 5.82. The van der Waals surface area contributed by atoms with Crippen LogP contribution in [-0.4, -0.2) is 29.0 Å². The van der Waals surface area contributed by atoms with Crippen LogP contribution in [-0.2, 0) is 6.42 Å². The lowest BCUT2D eigenvalue weighted by molar-refractivity contribution is 0.0949. The Bertz CT molecular complexity index is 648. The Morgan fingerprint density at radius 3 is 2.83 bits per heavy atom. The van der Waals surface area contributed by atoms with E-state index < -0.39 is 0 Å². The van der Waals surface area contributed by atoms with Crippen molar-refractivity contribution in [2.45, 2.75) is 26.2 Å². The monoisotopic (exact) mass is 316 g/mol. The topological polar surface area (TPSA) is 66.9 Å². The van der Waals surface area contributed by atoms with E-state index in [2.05, 4.69) is 27.5 Å². The first-order chi connectivity index (χ1) is 11.2. The molecule has 2 rings (SSSR count). The zero-order chi connectivity index (χ0) is 16.5. The minimum absolute atomic E-state index is 0.258. The summed E-state index contributed by atoms with van der Waals surface area (Å²) in [5.41, 5.74) is 0.880. The fraction of sp³-hybridized carbons (Fsp3) is 0.353. The average molecular weight is 316 g/mol. The van der Waals surface area contributed by atoms with Crippen LogP contribution in [0.4, 0.5) is 10.3 Å². The van der Waals surface area contributed by atoms with Gasteiger partial charge in [-0.3, -0.25) is 4.79 Å². The summed E-state index contributed by atoms with van der Waals surface area (Å²) in [7, 11) is 0. The van der Waals surface area contributed by atoms with Gasteiger partial charge < -0.3 is 10.6 Å². The molecule has 0 saturated heterocycles. The van der Waals surface area contributed by atoms with Crippen LogP contribution in [0.25, 0.3) is 0 Å². The van der Waals surface area contributed by atoms with Gasteiger partial charge in [-0.25, -0.2) is 14.4 Å². The summed E-state index contributed by atoms with van der Waals surface area (Å²) in [6.07, 6.45) is 4.07. The van der Waals surface area contributed by atoms with Crippen LogP contribution in [0.1, 0.15) is 35.8 Å². The van der Waals surface area contributed by atoms with Gasteiger partial charge in [-0.05, 0) is 30.5 Å². The number of rotatable bonds is 8. The van der Waals surface area contributed by atoms with Crippen molar-refractivity contribution in [3.05, 3.63) is 53.6 Å². The van der Waals surface area contributed by atoms with Crippen molar-refractivity contribution in [2.75, 3.05) is 18.4 Å². The molecule has 5 nitrogen and oxygen atoms in total. The highest BCUT2D eigenvalue weighted by Gasteiger charge is 2.09. The number of carbonyl (C=O) groups is 1. The number of nitrogens with zero attached hydrogens (tertiary/aromatic N) is 2. The zero-order valence-electron chi connectivity index (χ0n) is 13.2.